The van der Waals surface area contributed by atoms with Gasteiger partial charge in [0.25, 0.3) is 5.91 Å². The van der Waals surface area contributed by atoms with Gasteiger partial charge in [0, 0.05) is 47.6 Å². The number of aliphatic hydroxyl groups is 1. The molecule has 3 aromatic rings. The molecule has 2 N–H and O–H groups in total. The second kappa shape index (κ2) is 10.2. The van der Waals surface area contributed by atoms with Gasteiger partial charge in [-0.15, -0.1) is 0 Å². The van der Waals surface area contributed by atoms with Crippen molar-refractivity contribution in [2.24, 2.45) is 0 Å². The minimum Gasteiger partial charge on any atom is -0.379 e. The van der Waals surface area contributed by atoms with Crippen molar-refractivity contribution >= 4 is 22.4 Å². The first-order valence-corrected chi connectivity index (χ1v) is 12.3. The van der Waals surface area contributed by atoms with Crippen LogP contribution in [0.5, 0.6) is 0 Å². The molecular formula is C26H28N2O3S. The van der Waals surface area contributed by atoms with E-state index in [0.29, 0.717) is 43.2 Å². The standard InChI is InChI=1S/C26H28N2O3S/c29-25(26(30)14-15-28(20-26)17-21-8-3-1-4-9-21)27-24-13-7-12-23(16-24)19-32(31)18-22-10-5-2-6-11-22/h1-13,16,30H,14-15,17-20H2,(H,27,29). The van der Waals surface area contributed by atoms with E-state index in [9.17, 15) is 14.1 Å². The molecule has 1 saturated heterocycles. The predicted octanol–water partition coefficient (Wildman–Crippen LogP) is 3.71. The maximum Gasteiger partial charge on any atom is 0.257 e. The van der Waals surface area contributed by atoms with Gasteiger partial charge in [0.15, 0.2) is 5.60 Å². The molecule has 1 aliphatic rings. The van der Waals surface area contributed by atoms with Crippen LogP contribution in [0.3, 0.4) is 0 Å². The number of rotatable bonds is 8. The van der Waals surface area contributed by atoms with Gasteiger partial charge >= 0.3 is 0 Å². The van der Waals surface area contributed by atoms with E-state index in [1.807, 2.05) is 78.9 Å². The summed E-state index contributed by atoms with van der Waals surface area (Å²) in [6.07, 6.45) is 0.395. The number of anilines is 1. The van der Waals surface area contributed by atoms with Crippen LogP contribution in [0.1, 0.15) is 23.1 Å². The van der Waals surface area contributed by atoms with Crippen LogP contribution in [0.15, 0.2) is 84.9 Å². The molecule has 1 fully saturated rings. The van der Waals surface area contributed by atoms with Crippen LogP contribution in [0, 0.1) is 0 Å². The number of carbonyl (C=O) groups is 1. The predicted molar refractivity (Wildman–Crippen MR) is 128 cm³/mol. The molecule has 166 valence electrons. The molecule has 4 rings (SSSR count). The third-order valence-electron chi connectivity index (χ3n) is 5.68. The second-order valence-corrected chi connectivity index (χ2v) is 9.80. The van der Waals surface area contributed by atoms with Crippen molar-refractivity contribution in [3.05, 3.63) is 102 Å². The maximum atomic E-state index is 12.9. The average molecular weight is 449 g/mol. The lowest BCUT2D eigenvalue weighted by atomic mass is 10.0. The molecule has 0 spiro atoms. The number of nitrogens with zero attached hydrogens (tertiary/aromatic N) is 1. The van der Waals surface area contributed by atoms with Gasteiger partial charge in [0.1, 0.15) is 0 Å². The number of carbonyl (C=O) groups excluding carboxylic acids is 1. The summed E-state index contributed by atoms with van der Waals surface area (Å²) in [7, 11) is -1.05. The Kier molecular flexibility index (Phi) is 7.15. The number of hydrogen-bond acceptors (Lipinski definition) is 4. The first-order chi connectivity index (χ1) is 15.5. The van der Waals surface area contributed by atoms with Crippen molar-refractivity contribution in [1.82, 2.24) is 4.90 Å². The van der Waals surface area contributed by atoms with Crippen LogP contribution < -0.4 is 5.32 Å². The number of nitrogens with one attached hydrogen (secondary N) is 1. The van der Waals surface area contributed by atoms with Gasteiger partial charge in [-0.2, -0.15) is 0 Å². The highest BCUT2D eigenvalue weighted by Gasteiger charge is 2.42. The largest absolute Gasteiger partial charge is 0.379 e. The fraction of sp³-hybridized carbons (Fsp3) is 0.269. The Balaban J connectivity index is 1.33. The van der Waals surface area contributed by atoms with E-state index in [2.05, 4.69) is 10.2 Å². The zero-order valence-electron chi connectivity index (χ0n) is 17.9. The number of hydrogen-bond donors (Lipinski definition) is 2. The van der Waals surface area contributed by atoms with Gasteiger partial charge in [-0.1, -0.05) is 72.8 Å². The van der Waals surface area contributed by atoms with Crippen LogP contribution in [0.25, 0.3) is 0 Å². The van der Waals surface area contributed by atoms with Crippen LogP contribution in [-0.2, 0) is 33.6 Å². The molecule has 0 saturated carbocycles. The Morgan fingerprint density at radius 1 is 0.906 bits per heavy atom. The van der Waals surface area contributed by atoms with Crippen LogP contribution >= 0.6 is 0 Å². The van der Waals surface area contributed by atoms with Gasteiger partial charge in [-0.3, -0.25) is 13.9 Å². The highest BCUT2D eigenvalue weighted by Crippen LogP contribution is 2.25. The van der Waals surface area contributed by atoms with Gasteiger partial charge in [-0.25, -0.2) is 0 Å². The normalized spacial score (nSPS) is 19.5. The van der Waals surface area contributed by atoms with Gasteiger partial charge in [0.2, 0.25) is 0 Å². The van der Waals surface area contributed by atoms with Crippen molar-refractivity contribution in [2.75, 3.05) is 18.4 Å². The Labute approximate surface area is 191 Å². The third-order valence-corrected chi connectivity index (χ3v) is 6.99. The minimum absolute atomic E-state index is 0.300. The molecule has 2 unspecified atom stereocenters. The molecule has 0 aromatic heterocycles. The molecule has 0 aliphatic carbocycles. The average Bonchev–Trinajstić information content (AvgIpc) is 3.17. The van der Waals surface area contributed by atoms with Gasteiger partial charge in [-0.05, 0) is 35.2 Å². The van der Waals surface area contributed by atoms with E-state index in [1.54, 1.807) is 6.07 Å². The molecular weight excluding hydrogens is 420 g/mol. The summed E-state index contributed by atoms with van der Waals surface area (Å²) in [5.41, 5.74) is 2.29. The Morgan fingerprint density at radius 3 is 2.25 bits per heavy atom. The summed E-state index contributed by atoms with van der Waals surface area (Å²) < 4.78 is 12.5. The molecule has 1 aliphatic heterocycles. The fourth-order valence-corrected chi connectivity index (χ4v) is 5.23. The Bertz CT molecular complexity index is 1070. The lowest BCUT2D eigenvalue weighted by Crippen LogP contribution is -2.45. The van der Waals surface area contributed by atoms with Crippen molar-refractivity contribution in [3.63, 3.8) is 0 Å². The van der Waals surface area contributed by atoms with Crippen LogP contribution in [0.2, 0.25) is 0 Å². The van der Waals surface area contributed by atoms with Crippen LogP contribution in [0.4, 0.5) is 5.69 Å². The van der Waals surface area contributed by atoms with E-state index in [4.69, 9.17) is 0 Å². The first kappa shape index (κ1) is 22.4. The first-order valence-electron chi connectivity index (χ1n) is 10.8. The smallest absolute Gasteiger partial charge is 0.257 e. The molecule has 0 radical (unpaired) electrons. The van der Waals surface area contributed by atoms with E-state index >= 15 is 0 Å². The third kappa shape index (κ3) is 5.91. The van der Waals surface area contributed by atoms with E-state index in [0.717, 1.165) is 16.7 Å². The molecule has 5 nitrogen and oxygen atoms in total. The highest BCUT2D eigenvalue weighted by molar-refractivity contribution is 7.83. The topological polar surface area (TPSA) is 69.6 Å². The summed E-state index contributed by atoms with van der Waals surface area (Å²) in [5, 5.41) is 13.8. The number of β-amino-alcohol motifs (C(OH)–C–C–N with tert-alkyl or cyclic N) is 1. The molecule has 6 heteroatoms. The van der Waals surface area contributed by atoms with Crippen molar-refractivity contribution in [1.29, 1.82) is 0 Å². The molecule has 3 aromatic carbocycles. The summed E-state index contributed by atoms with van der Waals surface area (Å²) in [4.78, 5) is 15.0. The summed E-state index contributed by atoms with van der Waals surface area (Å²) >= 11 is 0. The van der Waals surface area contributed by atoms with E-state index < -0.39 is 22.3 Å². The fourth-order valence-electron chi connectivity index (χ4n) is 4.02. The number of benzene rings is 3. The van der Waals surface area contributed by atoms with Crippen LogP contribution in [-0.4, -0.2) is 38.8 Å². The monoisotopic (exact) mass is 448 g/mol. The lowest BCUT2D eigenvalue weighted by molar-refractivity contribution is -0.132. The quantitative estimate of drug-likeness (QED) is 0.551. The maximum absolute atomic E-state index is 12.9. The minimum atomic E-state index is -1.42. The molecule has 32 heavy (non-hydrogen) atoms. The molecule has 1 heterocycles. The molecule has 1 amide bonds. The summed E-state index contributed by atoms with van der Waals surface area (Å²) in [5.74, 6) is 0.512. The van der Waals surface area contributed by atoms with Gasteiger partial charge < -0.3 is 10.4 Å². The zero-order valence-corrected chi connectivity index (χ0v) is 18.8. The highest BCUT2D eigenvalue weighted by atomic mass is 32.2. The Morgan fingerprint density at radius 2 is 1.53 bits per heavy atom. The Hall–Kier alpha value is -2.80. The van der Waals surface area contributed by atoms with Crippen molar-refractivity contribution < 1.29 is 14.1 Å². The zero-order chi connectivity index (χ0) is 22.4. The summed E-state index contributed by atoms with van der Waals surface area (Å²) in [6.45, 7) is 1.67. The van der Waals surface area contributed by atoms with Crippen molar-refractivity contribution in [2.45, 2.75) is 30.1 Å². The number of amides is 1. The van der Waals surface area contributed by atoms with Crippen molar-refractivity contribution in [3.8, 4) is 0 Å². The molecule has 2 atom stereocenters. The molecule has 0 bridgehead atoms. The van der Waals surface area contributed by atoms with E-state index in [-0.39, 0.29) is 0 Å². The lowest BCUT2D eigenvalue weighted by Gasteiger charge is -2.23. The van der Waals surface area contributed by atoms with Gasteiger partial charge in [0.05, 0.1) is 0 Å². The van der Waals surface area contributed by atoms with E-state index in [1.165, 1.54) is 0 Å². The summed E-state index contributed by atoms with van der Waals surface area (Å²) in [6, 6.07) is 27.2. The SMILES string of the molecule is O=C(Nc1cccc(CS(=O)Cc2ccccc2)c1)C1(O)CCN(Cc2ccccc2)C1. The number of likely N-dealkylation sites (tertiary alicyclic amines) is 1. The second-order valence-electron chi connectivity index (χ2n) is 8.35.